The van der Waals surface area contributed by atoms with Crippen LogP contribution in [0.3, 0.4) is 0 Å². The van der Waals surface area contributed by atoms with Crippen LogP contribution in [0.1, 0.15) is 21.5 Å². The predicted octanol–water partition coefficient (Wildman–Crippen LogP) is 3.96. The van der Waals surface area contributed by atoms with Gasteiger partial charge >= 0.3 is 5.97 Å². The number of nitrogens with zero attached hydrogens (tertiary/aromatic N) is 1. The molecular formula is C15H10INO3. The van der Waals surface area contributed by atoms with Crippen LogP contribution in [0.15, 0.2) is 36.4 Å². The number of hydrogen-bond acceptors (Lipinski definition) is 3. The largest absolute Gasteiger partial charge is 0.478 e. The van der Waals surface area contributed by atoms with E-state index in [-0.39, 0.29) is 11.3 Å². The first-order valence-corrected chi connectivity index (χ1v) is 6.80. The van der Waals surface area contributed by atoms with Crippen molar-refractivity contribution in [3.63, 3.8) is 0 Å². The highest BCUT2D eigenvalue weighted by atomic mass is 127. The maximum absolute atomic E-state index is 11.2. The minimum absolute atomic E-state index is 0.110. The molecule has 20 heavy (non-hydrogen) atoms. The van der Waals surface area contributed by atoms with Gasteiger partial charge in [0.2, 0.25) is 0 Å². The molecule has 5 heteroatoms. The van der Waals surface area contributed by atoms with Crippen LogP contribution in [0.4, 0.5) is 0 Å². The van der Waals surface area contributed by atoms with E-state index in [4.69, 9.17) is 10.00 Å². The Hall–Kier alpha value is -2.07. The van der Waals surface area contributed by atoms with E-state index < -0.39 is 5.97 Å². The monoisotopic (exact) mass is 379 g/mol. The Morgan fingerprint density at radius 1 is 1.30 bits per heavy atom. The van der Waals surface area contributed by atoms with E-state index in [0.717, 1.165) is 9.13 Å². The summed E-state index contributed by atoms with van der Waals surface area (Å²) >= 11 is 2.05. The molecule has 0 aliphatic rings. The summed E-state index contributed by atoms with van der Waals surface area (Å²) in [6.45, 7) is 1.80. The van der Waals surface area contributed by atoms with Crippen LogP contribution >= 0.6 is 22.6 Å². The van der Waals surface area contributed by atoms with Crippen molar-refractivity contribution in [3.05, 3.63) is 56.7 Å². The smallest absolute Gasteiger partial charge is 0.339 e. The summed E-state index contributed by atoms with van der Waals surface area (Å²) in [7, 11) is 0. The van der Waals surface area contributed by atoms with Gasteiger partial charge in [-0.25, -0.2) is 4.79 Å². The predicted molar refractivity (Wildman–Crippen MR) is 82.1 cm³/mol. The normalized spacial score (nSPS) is 9.85. The molecule has 2 aromatic carbocycles. The lowest BCUT2D eigenvalue weighted by molar-refractivity contribution is 0.0694. The molecular weight excluding hydrogens is 369 g/mol. The van der Waals surface area contributed by atoms with Crippen molar-refractivity contribution < 1.29 is 14.6 Å². The molecule has 0 aromatic heterocycles. The molecule has 0 aliphatic carbocycles. The number of rotatable bonds is 3. The van der Waals surface area contributed by atoms with Gasteiger partial charge in [0.05, 0.1) is 11.6 Å². The Labute approximate surface area is 129 Å². The van der Waals surface area contributed by atoms with Gasteiger partial charge in [-0.2, -0.15) is 5.26 Å². The first kappa shape index (κ1) is 14.3. The molecule has 0 unspecified atom stereocenters. The Morgan fingerprint density at radius 2 is 2.05 bits per heavy atom. The standard InChI is InChI=1S/C15H10INO3/c1-9-6-12(4-2-10(9)8-17)20-14-5-3-11(16)7-13(14)15(18)19/h2-7H,1H3,(H,18,19). The number of aromatic carboxylic acids is 1. The lowest BCUT2D eigenvalue weighted by Crippen LogP contribution is -2.00. The Bertz CT molecular complexity index is 720. The van der Waals surface area contributed by atoms with E-state index in [0.29, 0.717) is 11.3 Å². The molecule has 0 saturated carbocycles. The number of ether oxygens (including phenoxy) is 1. The molecule has 2 rings (SSSR count). The fourth-order valence-corrected chi connectivity index (χ4v) is 2.20. The number of carbonyl (C=O) groups is 1. The maximum atomic E-state index is 11.2. The number of halogens is 1. The van der Waals surface area contributed by atoms with E-state index in [1.54, 1.807) is 43.3 Å². The molecule has 100 valence electrons. The highest BCUT2D eigenvalue weighted by molar-refractivity contribution is 14.1. The fraction of sp³-hybridized carbons (Fsp3) is 0.0667. The first-order valence-electron chi connectivity index (χ1n) is 5.72. The van der Waals surface area contributed by atoms with Gasteiger partial charge in [0.25, 0.3) is 0 Å². The summed E-state index contributed by atoms with van der Waals surface area (Å²) in [5, 5.41) is 18.1. The lowest BCUT2D eigenvalue weighted by Gasteiger charge is -2.10. The third-order valence-corrected chi connectivity index (χ3v) is 3.39. The minimum Gasteiger partial charge on any atom is -0.478 e. The molecule has 1 N–H and O–H groups in total. The molecule has 0 fully saturated rings. The van der Waals surface area contributed by atoms with E-state index in [1.165, 1.54) is 0 Å². The van der Waals surface area contributed by atoms with Crippen molar-refractivity contribution in [3.8, 4) is 17.6 Å². The van der Waals surface area contributed by atoms with E-state index in [1.807, 2.05) is 22.6 Å². The van der Waals surface area contributed by atoms with Gasteiger partial charge in [0.1, 0.15) is 17.1 Å². The molecule has 0 atom stereocenters. The first-order chi connectivity index (χ1) is 9.51. The lowest BCUT2D eigenvalue weighted by atomic mass is 10.1. The van der Waals surface area contributed by atoms with Gasteiger partial charge in [-0.1, -0.05) is 0 Å². The third-order valence-electron chi connectivity index (χ3n) is 2.72. The summed E-state index contributed by atoms with van der Waals surface area (Å²) in [5.74, 6) is -0.254. The van der Waals surface area contributed by atoms with E-state index in [2.05, 4.69) is 6.07 Å². The van der Waals surface area contributed by atoms with Crippen LogP contribution in [0.2, 0.25) is 0 Å². The fourth-order valence-electron chi connectivity index (χ4n) is 1.71. The second-order valence-corrected chi connectivity index (χ2v) is 5.38. The van der Waals surface area contributed by atoms with Crippen LogP contribution in [0.25, 0.3) is 0 Å². The summed E-state index contributed by atoms with van der Waals surface area (Å²) in [5.41, 5.74) is 1.46. The summed E-state index contributed by atoms with van der Waals surface area (Å²) in [6.07, 6.45) is 0. The number of carboxylic acid groups (broad SMARTS) is 1. The zero-order valence-corrected chi connectivity index (χ0v) is 12.7. The summed E-state index contributed by atoms with van der Waals surface area (Å²) in [4.78, 5) is 11.2. The van der Waals surface area contributed by atoms with Crippen LogP contribution < -0.4 is 4.74 Å². The van der Waals surface area contributed by atoms with Crippen LogP contribution in [0, 0.1) is 21.8 Å². The van der Waals surface area contributed by atoms with Crippen LogP contribution in [-0.4, -0.2) is 11.1 Å². The Balaban J connectivity index is 2.38. The van der Waals surface area contributed by atoms with Crippen LogP contribution in [0.5, 0.6) is 11.5 Å². The Morgan fingerprint density at radius 3 is 2.65 bits per heavy atom. The second-order valence-electron chi connectivity index (χ2n) is 4.14. The third kappa shape index (κ3) is 3.08. The van der Waals surface area contributed by atoms with Crippen molar-refractivity contribution in [2.24, 2.45) is 0 Å². The quantitative estimate of drug-likeness (QED) is 0.820. The molecule has 0 bridgehead atoms. The molecule has 0 amide bonds. The second kappa shape index (κ2) is 5.92. The van der Waals surface area contributed by atoms with Crippen molar-refractivity contribution >= 4 is 28.6 Å². The van der Waals surface area contributed by atoms with Crippen molar-refractivity contribution in [1.29, 1.82) is 5.26 Å². The topological polar surface area (TPSA) is 70.3 Å². The van der Waals surface area contributed by atoms with E-state index >= 15 is 0 Å². The molecule has 0 saturated heterocycles. The van der Waals surface area contributed by atoms with Crippen molar-refractivity contribution in [1.82, 2.24) is 0 Å². The molecule has 0 spiro atoms. The molecule has 4 nitrogen and oxygen atoms in total. The Kier molecular flexibility index (Phi) is 4.25. The van der Waals surface area contributed by atoms with Crippen molar-refractivity contribution in [2.45, 2.75) is 6.92 Å². The number of hydrogen-bond donors (Lipinski definition) is 1. The zero-order chi connectivity index (χ0) is 14.7. The van der Waals surface area contributed by atoms with Gasteiger partial charge in [-0.05, 0) is 71.5 Å². The number of benzene rings is 2. The van der Waals surface area contributed by atoms with Gasteiger partial charge in [-0.15, -0.1) is 0 Å². The van der Waals surface area contributed by atoms with Gasteiger partial charge in [-0.3, -0.25) is 0 Å². The molecule has 0 radical (unpaired) electrons. The SMILES string of the molecule is Cc1cc(Oc2ccc(I)cc2C(=O)O)ccc1C#N. The number of aryl methyl sites for hydroxylation is 1. The molecule has 0 heterocycles. The maximum Gasteiger partial charge on any atom is 0.339 e. The summed E-state index contributed by atoms with van der Waals surface area (Å²) in [6, 6.07) is 12.0. The number of nitriles is 1. The number of carboxylic acids is 1. The minimum atomic E-state index is -1.04. The van der Waals surface area contributed by atoms with Gasteiger partial charge in [0, 0.05) is 3.57 Å². The van der Waals surface area contributed by atoms with E-state index in [9.17, 15) is 9.90 Å². The average Bonchev–Trinajstić information content (AvgIpc) is 2.41. The average molecular weight is 379 g/mol. The highest BCUT2D eigenvalue weighted by Crippen LogP contribution is 2.28. The zero-order valence-electron chi connectivity index (χ0n) is 10.6. The van der Waals surface area contributed by atoms with Crippen LogP contribution in [-0.2, 0) is 0 Å². The molecule has 0 aliphatic heterocycles. The van der Waals surface area contributed by atoms with Gasteiger partial charge < -0.3 is 9.84 Å². The molecule has 2 aromatic rings. The van der Waals surface area contributed by atoms with Crippen molar-refractivity contribution in [2.75, 3.05) is 0 Å². The van der Waals surface area contributed by atoms with Gasteiger partial charge in [0.15, 0.2) is 0 Å². The summed E-state index contributed by atoms with van der Waals surface area (Å²) < 4.78 is 6.44. The highest BCUT2D eigenvalue weighted by Gasteiger charge is 2.13.